The normalized spacial score (nSPS) is 14.6. The summed E-state index contributed by atoms with van der Waals surface area (Å²) in [6.07, 6.45) is 2.53. The predicted octanol–water partition coefficient (Wildman–Crippen LogP) is 2.60. The molecule has 0 amide bonds. The largest absolute Gasteiger partial charge is 0.319 e. The molecule has 0 aliphatic heterocycles. The van der Waals surface area contributed by atoms with Gasteiger partial charge in [0.15, 0.2) is 0 Å². The summed E-state index contributed by atoms with van der Waals surface area (Å²) >= 11 is 0. The van der Waals surface area contributed by atoms with Crippen LogP contribution in [0.3, 0.4) is 0 Å². The van der Waals surface area contributed by atoms with Crippen molar-refractivity contribution in [2.75, 3.05) is 34.2 Å². The number of nitrogens with zero attached hydrogens (tertiary/aromatic N) is 1. The third kappa shape index (κ3) is 8.52. The molecule has 88 valence electrons. The minimum atomic E-state index is 0.471. The Morgan fingerprint density at radius 2 is 1.71 bits per heavy atom. The highest BCUT2D eigenvalue weighted by molar-refractivity contribution is 4.75. The second kappa shape index (κ2) is 9.47. The Kier molecular flexibility index (Phi) is 11.1. The highest BCUT2D eigenvalue weighted by Gasteiger charge is 2.20. The molecule has 2 nitrogen and oxygen atoms in total. The first kappa shape index (κ1) is 16.4. The van der Waals surface area contributed by atoms with E-state index in [1.54, 1.807) is 0 Å². The van der Waals surface area contributed by atoms with Crippen LogP contribution in [0.5, 0.6) is 0 Å². The molecule has 0 rings (SSSR count). The SMILES string of the molecule is CC.CCC(C)(CCN(C)C)CNC. The predicted molar refractivity (Wildman–Crippen MR) is 66.8 cm³/mol. The fraction of sp³-hybridized carbons (Fsp3) is 1.00. The van der Waals surface area contributed by atoms with Gasteiger partial charge in [-0.25, -0.2) is 0 Å². The molecule has 0 aliphatic carbocycles. The molecule has 2 heteroatoms. The van der Waals surface area contributed by atoms with Crippen LogP contribution in [0.25, 0.3) is 0 Å². The lowest BCUT2D eigenvalue weighted by molar-refractivity contribution is 0.237. The molecular formula is C12H30N2. The van der Waals surface area contributed by atoms with Crippen LogP contribution in [-0.2, 0) is 0 Å². The number of rotatable bonds is 6. The van der Waals surface area contributed by atoms with Crippen LogP contribution in [0.4, 0.5) is 0 Å². The van der Waals surface area contributed by atoms with Crippen LogP contribution < -0.4 is 5.32 Å². The standard InChI is InChI=1S/C10H24N2.C2H6/c1-6-10(2,9-11-3)7-8-12(4)5;1-2/h11H,6-9H2,1-5H3;1-2H3. The first-order chi connectivity index (χ1) is 6.54. The van der Waals surface area contributed by atoms with E-state index in [4.69, 9.17) is 0 Å². The maximum atomic E-state index is 3.26. The first-order valence-corrected chi connectivity index (χ1v) is 5.83. The lowest BCUT2D eigenvalue weighted by Crippen LogP contribution is -2.32. The zero-order valence-corrected chi connectivity index (χ0v) is 11.3. The van der Waals surface area contributed by atoms with E-state index in [2.05, 4.69) is 38.2 Å². The summed E-state index contributed by atoms with van der Waals surface area (Å²) in [7, 11) is 6.30. The maximum absolute atomic E-state index is 3.26. The molecule has 0 spiro atoms. The van der Waals surface area contributed by atoms with E-state index in [-0.39, 0.29) is 0 Å². The summed E-state index contributed by atoms with van der Waals surface area (Å²) in [5.41, 5.74) is 0.471. The minimum Gasteiger partial charge on any atom is -0.319 e. The molecule has 0 fully saturated rings. The van der Waals surface area contributed by atoms with Gasteiger partial charge in [0, 0.05) is 6.54 Å². The van der Waals surface area contributed by atoms with Crippen molar-refractivity contribution in [3.05, 3.63) is 0 Å². The van der Waals surface area contributed by atoms with Crippen molar-refractivity contribution in [1.82, 2.24) is 10.2 Å². The van der Waals surface area contributed by atoms with Crippen molar-refractivity contribution in [3.63, 3.8) is 0 Å². The van der Waals surface area contributed by atoms with Crippen molar-refractivity contribution in [1.29, 1.82) is 0 Å². The quantitative estimate of drug-likeness (QED) is 0.712. The summed E-state index contributed by atoms with van der Waals surface area (Å²) in [6, 6.07) is 0. The molecule has 1 unspecified atom stereocenters. The van der Waals surface area contributed by atoms with Crippen molar-refractivity contribution in [3.8, 4) is 0 Å². The van der Waals surface area contributed by atoms with Crippen LogP contribution in [0, 0.1) is 5.41 Å². The summed E-state index contributed by atoms with van der Waals surface area (Å²) < 4.78 is 0. The average Bonchev–Trinajstić information content (AvgIpc) is 2.19. The Labute approximate surface area is 91.1 Å². The third-order valence-electron chi connectivity index (χ3n) is 2.62. The van der Waals surface area contributed by atoms with Gasteiger partial charge in [-0.05, 0) is 45.9 Å². The van der Waals surface area contributed by atoms with Gasteiger partial charge >= 0.3 is 0 Å². The first-order valence-electron chi connectivity index (χ1n) is 5.83. The lowest BCUT2D eigenvalue weighted by Gasteiger charge is -2.29. The molecule has 0 aromatic heterocycles. The van der Waals surface area contributed by atoms with Crippen molar-refractivity contribution >= 4 is 0 Å². The average molecular weight is 202 g/mol. The highest BCUT2D eigenvalue weighted by Crippen LogP contribution is 2.24. The monoisotopic (exact) mass is 202 g/mol. The lowest BCUT2D eigenvalue weighted by atomic mass is 9.84. The van der Waals surface area contributed by atoms with Gasteiger partial charge in [-0.3, -0.25) is 0 Å². The van der Waals surface area contributed by atoms with E-state index in [0.29, 0.717) is 5.41 Å². The molecule has 0 aromatic carbocycles. The zero-order chi connectivity index (χ0) is 11.6. The molecule has 0 saturated heterocycles. The number of hydrogen-bond donors (Lipinski definition) is 1. The van der Waals surface area contributed by atoms with Gasteiger partial charge in [0.1, 0.15) is 0 Å². The minimum absolute atomic E-state index is 0.471. The van der Waals surface area contributed by atoms with E-state index in [9.17, 15) is 0 Å². The maximum Gasteiger partial charge on any atom is 0.000253 e. The number of nitrogens with one attached hydrogen (secondary N) is 1. The van der Waals surface area contributed by atoms with Crippen LogP contribution in [0.1, 0.15) is 40.5 Å². The molecule has 0 radical (unpaired) electrons. The van der Waals surface area contributed by atoms with Gasteiger partial charge in [-0.2, -0.15) is 0 Å². The zero-order valence-electron chi connectivity index (χ0n) is 11.3. The third-order valence-corrected chi connectivity index (χ3v) is 2.62. The molecule has 0 aromatic rings. The molecule has 14 heavy (non-hydrogen) atoms. The molecule has 0 heterocycles. The molecular weight excluding hydrogens is 172 g/mol. The Bertz CT molecular complexity index is 113. The van der Waals surface area contributed by atoms with Crippen LogP contribution in [-0.4, -0.2) is 39.1 Å². The van der Waals surface area contributed by atoms with Gasteiger partial charge in [-0.15, -0.1) is 0 Å². The summed E-state index contributed by atoms with van der Waals surface area (Å²) in [4.78, 5) is 2.25. The topological polar surface area (TPSA) is 15.3 Å². The van der Waals surface area contributed by atoms with Gasteiger partial charge in [-0.1, -0.05) is 27.7 Å². The fourth-order valence-electron chi connectivity index (χ4n) is 1.31. The van der Waals surface area contributed by atoms with E-state index < -0.39 is 0 Å². The Balaban J connectivity index is 0. The van der Waals surface area contributed by atoms with Gasteiger partial charge in [0.25, 0.3) is 0 Å². The van der Waals surface area contributed by atoms with E-state index in [1.807, 2.05) is 20.9 Å². The van der Waals surface area contributed by atoms with Crippen molar-refractivity contribution in [2.24, 2.45) is 5.41 Å². The highest BCUT2D eigenvalue weighted by atomic mass is 15.0. The van der Waals surface area contributed by atoms with Crippen LogP contribution >= 0.6 is 0 Å². The van der Waals surface area contributed by atoms with E-state index in [0.717, 1.165) is 6.54 Å². The fourth-order valence-corrected chi connectivity index (χ4v) is 1.31. The van der Waals surface area contributed by atoms with Crippen molar-refractivity contribution < 1.29 is 0 Å². The summed E-state index contributed by atoms with van der Waals surface area (Å²) in [5, 5.41) is 3.26. The molecule has 0 saturated carbocycles. The van der Waals surface area contributed by atoms with Gasteiger partial charge in [0.2, 0.25) is 0 Å². The Hall–Kier alpha value is -0.0800. The molecule has 1 atom stereocenters. The second-order valence-corrected chi connectivity index (χ2v) is 4.25. The van der Waals surface area contributed by atoms with Crippen LogP contribution in [0.15, 0.2) is 0 Å². The molecule has 0 bridgehead atoms. The van der Waals surface area contributed by atoms with Crippen molar-refractivity contribution in [2.45, 2.75) is 40.5 Å². The smallest absolute Gasteiger partial charge is 0.000253 e. The van der Waals surface area contributed by atoms with Gasteiger partial charge < -0.3 is 10.2 Å². The molecule has 1 N–H and O–H groups in total. The van der Waals surface area contributed by atoms with E-state index >= 15 is 0 Å². The van der Waals surface area contributed by atoms with E-state index in [1.165, 1.54) is 19.4 Å². The summed E-state index contributed by atoms with van der Waals surface area (Å²) in [6.45, 7) is 10.9. The Morgan fingerprint density at radius 1 is 1.21 bits per heavy atom. The summed E-state index contributed by atoms with van der Waals surface area (Å²) in [5.74, 6) is 0. The second-order valence-electron chi connectivity index (χ2n) is 4.25. The number of hydrogen-bond acceptors (Lipinski definition) is 2. The van der Waals surface area contributed by atoms with Crippen LogP contribution in [0.2, 0.25) is 0 Å². The molecule has 0 aliphatic rings. The van der Waals surface area contributed by atoms with Gasteiger partial charge in [0.05, 0.1) is 0 Å². The Morgan fingerprint density at radius 3 is 2.00 bits per heavy atom.